The molecule has 1 aromatic rings. The van der Waals surface area contributed by atoms with Crippen molar-refractivity contribution in [1.82, 2.24) is 4.98 Å². The molecular weight excluding hydrogens is 204 g/mol. The fourth-order valence-electron chi connectivity index (χ4n) is 1.82. The highest BCUT2D eigenvalue weighted by molar-refractivity contribution is 5.28. The van der Waals surface area contributed by atoms with Crippen LogP contribution in [-0.4, -0.2) is 24.3 Å². The molecule has 0 aromatic carbocycles. The van der Waals surface area contributed by atoms with Gasteiger partial charge in [0, 0.05) is 24.4 Å². The summed E-state index contributed by atoms with van der Waals surface area (Å²) in [5, 5.41) is 0. The molecule has 16 heavy (non-hydrogen) atoms. The van der Waals surface area contributed by atoms with Crippen molar-refractivity contribution < 1.29 is 9.47 Å². The minimum Gasteiger partial charge on any atom is -0.475 e. The molecule has 2 rings (SSSR count). The van der Waals surface area contributed by atoms with E-state index in [1.807, 2.05) is 19.1 Å². The molecule has 1 fully saturated rings. The Bertz CT molecular complexity index is 336. The van der Waals surface area contributed by atoms with E-state index in [9.17, 15) is 0 Å². The van der Waals surface area contributed by atoms with Crippen LogP contribution in [0.25, 0.3) is 0 Å². The first kappa shape index (κ1) is 11.4. The van der Waals surface area contributed by atoms with E-state index >= 15 is 0 Å². The van der Waals surface area contributed by atoms with Crippen LogP contribution in [0.5, 0.6) is 5.88 Å². The quantitative estimate of drug-likeness (QED) is 0.841. The van der Waals surface area contributed by atoms with E-state index in [1.54, 1.807) is 6.20 Å². The fourth-order valence-corrected chi connectivity index (χ4v) is 1.82. The van der Waals surface area contributed by atoms with Gasteiger partial charge < -0.3 is 15.2 Å². The lowest BCUT2D eigenvalue weighted by molar-refractivity contribution is 0.0658. The van der Waals surface area contributed by atoms with Crippen LogP contribution in [0.15, 0.2) is 18.3 Å². The van der Waals surface area contributed by atoms with Gasteiger partial charge in [0.25, 0.3) is 0 Å². The standard InChI is InChI=1S/C12H18N2O2/c1-9(13)11-5-2-6-14-12(11)16-8-10-4-3-7-15-10/h2,5-6,9-10H,3-4,7-8,13H2,1H3. The summed E-state index contributed by atoms with van der Waals surface area (Å²) >= 11 is 0. The summed E-state index contributed by atoms with van der Waals surface area (Å²) in [5.41, 5.74) is 6.79. The normalized spacial score (nSPS) is 22.0. The molecule has 2 heterocycles. The molecule has 0 bridgehead atoms. The lowest BCUT2D eigenvalue weighted by Crippen LogP contribution is -2.18. The topological polar surface area (TPSA) is 57.4 Å². The van der Waals surface area contributed by atoms with Crippen molar-refractivity contribution in [3.8, 4) is 5.88 Å². The Labute approximate surface area is 95.8 Å². The third-order valence-corrected chi connectivity index (χ3v) is 2.72. The molecule has 0 amide bonds. The molecule has 4 heteroatoms. The first-order valence-electron chi connectivity index (χ1n) is 5.72. The van der Waals surface area contributed by atoms with E-state index in [2.05, 4.69) is 4.98 Å². The van der Waals surface area contributed by atoms with Gasteiger partial charge in [0.15, 0.2) is 0 Å². The van der Waals surface area contributed by atoms with Crippen LogP contribution >= 0.6 is 0 Å². The Kier molecular flexibility index (Phi) is 3.74. The Morgan fingerprint density at radius 2 is 2.56 bits per heavy atom. The van der Waals surface area contributed by atoms with Gasteiger partial charge >= 0.3 is 0 Å². The first-order chi connectivity index (χ1) is 7.77. The fraction of sp³-hybridized carbons (Fsp3) is 0.583. The maximum absolute atomic E-state index is 5.85. The summed E-state index contributed by atoms with van der Waals surface area (Å²) in [4.78, 5) is 4.20. The molecule has 1 aromatic heterocycles. The van der Waals surface area contributed by atoms with Gasteiger partial charge in [-0.05, 0) is 25.8 Å². The van der Waals surface area contributed by atoms with E-state index < -0.39 is 0 Å². The number of rotatable bonds is 4. The Morgan fingerprint density at radius 1 is 1.69 bits per heavy atom. The zero-order valence-electron chi connectivity index (χ0n) is 9.56. The minimum absolute atomic E-state index is 0.0619. The van der Waals surface area contributed by atoms with Crippen LogP contribution in [0.3, 0.4) is 0 Å². The maximum atomic E-state index is 5.85. The van der Waals surface area contributed by atoms with Crippen LogP contribution in [0, 0.1) is 0 Å². The molecule has 88 valence electrons. The number of nitrogens with zero attached hydrogens (tertiary/aromatic N) is 1. The van der Waals surface area contributed by atoms with Crippen molar-refractivity contribution in [2.24, 2.45) is 5.73 Å². The predicted octanol–water partition coefficient (Wildman–Crippen LogP) is 1.66. The summed E-state index contributed by atoms with van der Waals surface area (Å²) in [6, 6.07) is 3.76. The molecule has 0 spiro atoms. The van der Waals surface area contributed by atoms with Crippen molar-refractivity contribution >= 4 is 0 Å². The summed E-state index contributed by atoms with van der Waals surface area (Å²) in [6.45, 7) is 3.34. The van der Waals surface area contributed by atoms with Gasteiger partial charge in [-0.25, -0.2) is 4.98 Å². The molecule has 2 unspecified atom stereocenters. The smallest absolute Gasteiger partial charge is 0.218 e. The van der Waals surface area contributed by atoms with Crippen molar-refractivity contribution in [2.75, 3.05) is 13.2 Å². The van der Waals surface area contributed by atoms with Crippen LogP contribution in [0.2, 0.25) is 0 Å². The van der Waals surface area contributed by atoms with Gasteiger partial charge in [-0.15, -0.1) is 0 Å². The van der Waals surface area contributed by atoms with Crippen LogP contribution in [0.1, 0.15) is 31.4 Å². The highest BCUT2D eigenvalue weighted by atomic mass is 16.5. The zero-order chi connectivity index (χ0) is 11.4. The maximum Gasteiger partial charge on any atom is 0.218 e. The Balaban J connectivity index is 1.97. The summed E-state index contributed by atoms with van der Waals surface area (Å²) in [5.74, 6) is 0.632. The minimum atomic E-state index is -0.0619. The van der Waals surface area contributed by atoms with E-state index in [4.69, 9.17) is 15.2 Å². The summed E-state index contributed by atoms with van der Waals surface area (Å²) < 4.78 is 11.2. The highest BCUT2D eigenvalue weighted by Crippen LogP contribution is 2.21. The molecule has 0 aliphatic carbocycles. The molecule has 2 atom stereocenters. The number of aromatic nitrogens is 1. The third-order valence-electron chi connectivity index (χ3n) is 2.72. The largest absolute Gasteiger partial charge is 0.475 e. The van der Waals surface area contributed by atoms with Crippen LogP contribution in [0.4, 0.5) is 0 Å². The predicted molar refractivity (Wildman–Crippen MR) is 61.3 cm³/mol. The molecule has 1 aliphatic heterocycles. The monoisotopic (exact) mass is 222 g/mol. The lowest BCUT2D eigenvalue weighted by Gasteiger charge is -2.14. The van der Waals surface area contributed by atoms with Crippen molar-refractivity contribution in [2.45, 2.75) is 31.9 Å². The Hall–Kier alpha value is -1.13. The molecule has 4 nitrogen and oxygen atoms in total. The Morgan fingerprint density at radius 3 is 3.25 bits per heavy atom. The average Bonchev–Trinajstić information content (AvgIpc) is 2.79. The number of ether oxygens (including phenoxy) is 2. The van der Waals surface area contributed by atoms with Gasteiger partial charge in [0.2, 0.25) is 5.88 Å². The van der Waals surface area contributed by atoms with E-state index in [0.29, 0.717) is 12.5 Å². The van der Waals surface area contributed by atoms with Gasteiger partial charge in [-0.3, -0.25) is 0 Å². The molecule has 0 saturated carbocycles. The molecular formula is C12H18N2O2. The number of nitrogens with two attached hydrogens (primary N) is 1. The van der Waals surface area contributed by atoms with Crippen molar-refractivity contribution in [1.29, 1.82) is 0 Å². The number of hydrogen-bond donors (Lipinski definition) is 1. The van der Waals surface area contributed by atoms with E-state index in [0.717, 1.165) is 25.0 Å². The second-order valence-electron chi connectivity index (χ2n) is 4.13. The van der Waals surface area contributed by atoms with E-state index in [-0.39, 0.29) is 12.1 Å². The van der Waals surface area contributed by atoms with E-state index in [1.165, 1.54) is 0 Å². The summed E-state index contributed by atoms with van der Waals surface area (Å²) in [6.07, 6.45) is 4.12. The molecule has 1 saturated heterocycles. The lowest BCUT2D eigenvalue weighted by atomic mass is 10.1. The van der Waals surface area contributed by atoms with Crippen LogP contribution < -0.4 is 10.5 Å². The van der Waals surface area contributed by atoms with Gasteiger partial charge in [-0.1, -0.05) is 6.07 Å². The summed E-state index contributed by atoms with van der Waals surface area (Å²) in [7, 11) is 0. The SMILES string of the molecule is CC(N)c1cccnc1OCC1CCCO1. The number of hydrogen-bond acceptors (Lipinski definition) is 4. The third kappa shape index (κ3) is 2.71. The molecule has 2 N–H and O–H groups in total. The highest BCUT2D eigenvalue weighted by Gasteiger charge is 2.17. The van der Waals surface area contributed by atoms with Crippen LogP contribution in [-0.2, 0) is 4.74 Å². The van der Waals surface area contributed by atoms with Crippen molar-refractivity contribution in [3.63, 3.8) is 0 Å². The van der Waals surface area contributed by atoms with Gasteiger partial charge in [0.05, 0.1) is 6.10 Å². The van der Waals surface area contributed by atoms with Crippen molar-refractivity contribution in [3.05, 3.63) is 23.9 Å². The second-order valence-corrected chi connectivity index (χ2v) is 4.13. The first-order valence-corrected chi connectivity index (χ1v) is 5.72. The second kappa shape index (κ2) is 5.27. The zero-order valence-corrected chi connectivity index (χ0v) is 9.56. The average molecular weight is 222 g/mol. The molecule has 0 radical (unpaired) electrons. The van der Waals surface area contributed by atoms with Gasteiger partial charge in [-0.2, -0.15) is 0 Å². The number of pyridine rings is 1. The van der Waals surface area contributed by atoms with Gasteiger partial charge in [0.1, 0.15) is 6.61 Å². The molecule has 1 aliphatic rings.